The second-order valence-corrected chi connectivity index (χ2v) is 6.65. The summed E-state index contributed by atoms with van der Waals surface area (Å²) in [6, 6.07) is 8.63. The third-order valence-corrected chi connectivity index (χ3v) is 5.13. The zero-order chi connectivity index (χ0) is 15.5. The lowest BCUT2D eigenvalue weighted by atomic mass is 10.1. The Morgan fingerprint density at radius 1 is 1.05 bits per heavy atom. The van der Waals surface area contributed by atoms with Gasteiger partial charge in [-0.3, -0.25) is 9.59 Å². The number of anilines is 1. The fourth-order valence-corrected chi connectivity index (χ4v) is 3.84. The number of fused-ring (bicyclic) bond motifs is 1. The largest absolute Gasteiger partial charge is 0.366 e. The summed E-state index contributed by atoms with van der Waals surface area (Å²) in [6.07, 6.45) is 5.85. The Morgan fingerprint density at radius 3 is 2.50 bits per heavy atom. The number of thiophene rings is 1. The molecular formula is C17H18N2O2S. The highest BCUT2D eigenvalue weighted by Crippen LogP contribution is 2.29. The van der Waals surface area contributed by atoms with E-state index in [1.165, 1.54) is 29.7 Å². The van der Waals surface area contributed by atoms with Crippen molar-refractivity contribution in [1.29, 1.82) is 0 Å². The monoisotopic (exact) mass is 314 g/mol. The molecule has 0 saturated heterocycles. The highest BCUT2D eigenvalue weighted by atomic mass is 32.1. The standard InChI is InChI=1S/C17H18N2O2S/c18-16(20)11-6-8-13(9-7-11)19-17(21)15-10-12-4-2-1-3-5-14(12)22-15/h6-10H,1-5H2,(H2,18,20)(H,19,21). The van der Waals surface area contributed by atoms with Gasteiger partial charge < -0.3 is 11.1 Å². The number of hydrogen-bond acceptors (Lipinski definition) is 3. The van der Waals surface area contributed by atoms with Gasteiger partial charge in [0.2, 0.25) is 5.91 Å². The van der Waals surface area contributed by atoms with E-state index in [0.29, 0.717) is 11.3 Å². The van der Waals surface area contributed by atoms with Gasteiger partial charge in [0.25, 0.3) is 5.91 Å². The predicted molar refractivity (Wildman–Crippen MR) is 88.5 cm³/mol. The number of benzene rings is 1. The maximum atomic E-state index is 12.3. The van der Waals surface area contributed by atoms with Gasteiger partial charge in [-0.25, -0.2) is 0 Å². The molecular weight excluding hydrogens is 296 g/mol. The SMILES string of the molecule is NC(=O)c1ccc(NC(=O)c2cc3c(s2)CCCCC3)cc1. The lowest BCUT2D eigenvalue weighted by Crippen LogP contribution is -2.12. The maximum absolute atomic E-state index is 12.3. The van der Waals surface area contributed by atoms with Crippen molar-refractivity contribution in [2.75, 3.05) is 5.32 Å². The first-order chi connectivity index (χ1) is 10.6. The summed E-state index contributed by atoms with van der Waals surface area (Å²) in [6.45, 7) is 0. The normalized spacial score (nSPS) is 14.0. The Labute approximate surface area is 133 Å². The molecule has 1 aromatic carbocycles. The van der Waals surface area contributed by atoms with E-state index in [0.717, 1.165) is 17.7 Å². The van der Waals surface area contributed by atoms with Crippen LogP contribution in [0.3, 0.4) is 0 Å². The quantitative estimate of drug-likeness (QED) is 0.853. The number of amides is 2. The van der Waals surface area contributed by atoms with Gasteiger partial charge in [-0.2, -0.15) is 0 Å². The number of carbonyl (C=O) groups is 2. The van der Waals surface area contributed by atoms with E-state index in [9.17, 15) is 9.59 Å². The fourth-order valence-electron chi connectivity index (χ4n) is 2.69. The molecule has 0 atom stereocenters. The molecule has 1 heterocycles. The van der Waals surface area contributed by atoms with Crippen molar-refractivity contribution in [2.24, 2.45) is 5.73 Å². The van der Waals surface area contributed by atoms with Crippen molar-refractivity contribution < 1.29 is 9.59 Å². The Morgan fingerprint density at radius 2 is 1.77 bits per heavy atom. The van der Waals surface area contributed by atoms with Crippen molar-refractivity contribution in [3.63, 3.8) is 0 Å². The lowest BCUT2D eigenvalue weighted by Gasteiger charge is -2.04. The van der Waals surface area contributed by atoms with Crippen molar-refractivity contribution in [3.05, 3.63) is 51.2 Å². The van der Waals surface area contributed by atoms with Gasteiger partial charge >= 0.3 is 0 Å². The van der Waals surface area contributed by atoms with Gasteiger partial charge in [0.15, 0.2) is 0 Å². The van der Waals surface area contributed by atoms with Crippen LogP contribution in [0.5, 0.6) is 0 Å². The molecule has 1 aliphatic rings. The summed E-state index contributed by atoms with van der Waals surface area (Å²) < 4.78 is 0. The van der Waals surface area contributed by atoms with Gasteiger partial charge in [-0.15, -0.1) is 11.3 Å². The highest BCUT2D eigenvalue weighted by molar-refractivity contribution is 7.14. The summed E-state index contributed by atoms with van der Waals surface area (Å²) >= 11 is 1.60. The number of nitrogens with two attached hydrogens (primary N) is 1. The summed E-state index contributed by atoms with van der Waals surface area (Å²) in [7, 11) is 0. The smallest absolute Gasteiger partial charge is 0.265 e. The number of aryl methyl sites for hydroxylation is 2. The molecule has 114 valence electrons. The van der Waals surface area contributed by atoms with Crippen LogP contribution in [-0.4, -0.2) is 11.8 Å². The van der Waals surface area contributed by atoms with Crippen LogP contribution in [0.4, 0.5) is 5.69 Å². The molecule has 5 heteroatoms. The van der Waals surface area contributed by atoms with Crippen LogP contribution < -0.4 is 11.1 Å². The average Bonchev–Trinajstić information content (AvgIpc) is 2.79. The van der Waals surface area contributed by atoms with Crippen molar-refractivity contribution >= 4 is 28.8 Å². The Kier molecular flexibility index (Phi) is 4.24. The van der Waals surface area contributed by atoms with Crippen molar-refractivity contribution in [2.45, 2.75) is 32.1 Å². The maximum Gasteiger partial charge on any atom is 0.265 e. The first-order valence-corrected chi connectivity index (χ1v) is 8.28. The topological polar surface area (TPSA) is 72.2 Å². The molecule has 0 radical (unpaired) electrons. The molecule has 0 bridgehead atoms. The third-order valence-electron chi connectivity index (χ3n) is 3.90. The van der Waals surface area contributed by atoms with E-state index in [1.807, 2.05) is 6.07 Å². The minimum atomic E-state index is -0.472. The Hall–Kier alpha value is -2.14. The molecule has 1 aliphatic carbocycles. The van der Waals surface area contributed by atoms with Gasteiger partial charge in [-0.05, 0) is 61.6 Å². The molecule has 0 aliphatic heterocycles. The average molecular weight is 314 g/mol. The number of primary amides is 1. The molecule has 0 unspecified atom stereocenters. The van der Waals surface area contributed by atoms with E-state index < -0.39 is 5.91 Å². The van der Waals surface area contributed by atoms with Gasteiger partial charge in [0.1, 0.15) is 0 Å². The first-order valence-electron chi connectivity index (χ1n) is 7.46. The van der Waals surface area contributed by atoms with Gasteiger partial charge in [-0.1, -0.05) is 6.42 Å². The third kappa shape index (κ3) is 3.20. The van der Waals surface area contributed by atoms with Crippen LogP contribution in [0.15, 0.2) is 30.3 Å². The molecule has 0 saturated carbocycles. The van der Waals surface area contributed by atoms with Crippen LogP contribution in [0.25, 0.3) is 0 Å². The molecule has 4 nitrogen and oxygen atoms in total. The number of carbonyl (C=O) groups excluding carboxylic acids is 2. The molecule has 0 spiro atoms. The van der Waals surface area contributed by atoms with Crippen molar-refractivity contribution in [1.82, 2.24) is 0 Å². The summed E-state index contributed by atoms with van der Waals surface area (Å²) in [5.74, 6) is -0.565. The van der Waals surface area contributed by atoms with E-state index >= 15 is 0 Å². The summed E-state index contributed by atoms with van der Waals surface area (Å²) in [4.78, 5) is 25.5. The second-order valence-electron chi connectivity index (χ2n) is 5.52. The zero-order valence-electron chi connectivity index (χ0n) is 12.2. The highest BCUT2D eigenvalue weighted by Gasteiger charge is 2.16. The minimum Gasteiger partial charge on any atom is -0.366 e. The molecule has 0 fully saturated rings. The second kappa shape index (κ2) is 6.32. The Balaban J connectivity index is 1.73. The number of rotatable bonds is 3. The van der Waals surface area contributed by atoms with Crippen LogP contribution in [0.1, 0.15) is 49.7 Å². The molecule has 1 aromatic heterocycles. The first kappa shape index (κ1) is 14.8. The molecule has 22 heavy (non-hydrogen) atoms. The summed E-state index contributed by atoms with van der Waals surface area (Å²) in [5.41, 5.74) is 7.63. The van der Waals surface area contributed by atoms with Gasteiger partial charge in [0.05, 0.1) is 4.88 Å². The van der Waals surface area contributed by atoms with Crippen LogP contribution in [-0.2, 0) is 12.8 Å². The number of hydrogen-bond donors (Lipinski definition) is 2. The van der Waals surface area contributed by atoms with Crippen LogP contribution in [0.2, 0.25) is 0 Å². The van der Waals surface area contributed by atoms with E-state index in [4.69, 9.17) is 5.73 Å². The van der Waals surface area contributed by atoms with E-state index in [-0.39, 0.29) is 5.91 Å². The minimum absolute atomic E-state index is 0.0927. The number of nitrogens with one attached hydrogen (secondary N) is 1. The molecule has 2 amide bonds. The Bertz CT molecular complexity index is 680. The zero-order valence-corrected chi connectivity index (χ0v) is 13.0. The predicted octanol–water partition coefficient (Wildman–Crippen LogP) is 3.37. The van der Waals surface area contributed by atoms with Crippen molar-refractivity contribution in [3.8, 4) is 0 Å². The molecule has 3 N–H and O–H groups in total. The van der Waals surface area contributed by atoms with Crippen LogP contribution in [0, 0.1) is 0 Å². The fraction of sp³-hybridized carbons (Fsp3) is 0.294. The molecule has 2 aromatic rings. The summed E-state index contributed by atoms with van der Waals surface area (Å²) in [5, 5.41) is 2.87. The van der Waals surface area contributed by atoms with E-state index in [1.54, 1.807) is 35.6 Å². The van der Waals surface area contributed by atoms with Gasteiger partial charge in [0, 0.05) is 16.1 Å². The molecule has 3 rings (SSSR count). The lowest BCUT2D eigenvalue weighted by molar-refractivity contribution is 0.0998. The van der Waals surface area contributed by atoms with Crippen LogP contribution >= 0.6 is 11.3 Å². The van der Waals surface area contributed by atoms with E-state index in [2.05, 4.69) is 5.32 Å².